The first-order valence-corrected chi connectivity index (χ1v) is 16.6. The Morgan fingerprint density at radius 2 is 1.67 bits per heavy atom. The van der Waals surface area contributed by atoms with Crippen LogP contribution in [0, 0.1) is 66.6 Å². The Kier molecular flexibility index (Phi) is 7.66. The van der Waals surface area contributed by atoms with Gasteiger partial charge in [-0.2, -0.15) is 0 Å². The molecule has 5 fully saturated rings. The third-order valence-electron chi connectivity index (χ3n) is 13.1. The Morgan fingerprint density at radius 3 is 2.33 bits per heavy atom. The monoisotopic (exact) mass is 596 g/mol. The van der Waals surface area contributed by atoms with Gasteiger partial charge in [-0.3, -0.25) is 20.2 Å². The molecule has 1 heterocycles. The van der Waals surface area contributed by atoms with Gasteiger partial charge >= 0.3 is 5.97 Å². The second kappa shape index (κ2) is 10.8. The normalized spacial score (nSPS) is 40.0. The molecule has 4 saturated carbocycles. The Balaban J connectivity index is 1.14. The highest BCUT2D eigenvalue weighted by Gasteiger charge is 2.76. The molecular weight excluding hydrogens is 548 g/mol. The number of hydrogen-bond acceptors (Lipinski definition) is 7. The molecule has 1 spiro atoms. The van der Waals surface area contributed by atoms with E-state index in [1.165, 1.54) is 44.9 Å². The van der Waals surface area contributed by atoms with Gasteiger partial charge in [0.1, 0.15) is 11.7 Å². The summed E-state index contributed by atoms with van der Waals surface area (Å²) < 4.78 is 12.5. The van der Waals surface area contributed by atoms with E-state index < -0.39 is 27.2 Å². The predicted octanol–water partition coefficient (Wildman–Crippen LogP) is 8.28. The van der Waals surface area contributed by atoms with Gasteiger partial charge in [-0.25, -0.2) is 4.79 Å². The molecule has 0 N–H and O–H groups in total. The Bertz CT molecular complexity index is 1270. The summed E-state index contributed by atoms with van der Waals surface area (Å²) in [6, 6.07) is 2.97. The second-order valence-electron chi connectivity index (χ2n) is 15.6. The van der Waals surface area contributed by atoms with E-state index in [-0.39, 0.29) is 28.8 Å². The van der Waals surface area contributed by atoms with Gasteiger partial charge in [0.2, 0.25) is 0 Å². The summed E-state index contributed by atoms with van der Waals surface area (Å²) in [5.74, 6) is 3.65. The maximum Gasteiger partial charge on any atom is 0.338 e. The minimum absolute atomic E-state index is 0.0378. The second-order valence-corrected chi connectivity index (χ2v) is 15.6. The Morgan fingerprint density at radius 1 is 0.977 bits per heavy atom. The number of rotatable bonds is 9. The Labute approximate surface area is 254 Å². The highest BCUT2D eigenvalue weighted by Crippen LogP contribution is 2.74. The van der Waals surface area contributed by atoms with Crippen molar-refractivity contribution in [1.82, 2.24) is 0 Å². The number of ether oxygens (including phenoxy) is 2. The van der Waals surface area contributed by atoms with Crippen LogP contribution in [-0.2, 0) is 9.47 Å². The average molecular weight is 597 g/mol. The summed E-state index contributed by atoms with van der Waals surface area (Å²) in [5, 5.41) is 22.6. The average Bonchev–Trinajstić information content (AvgIpc) is 3.53. The van der Waals surface area contributed by atoms with Crippen LogP contribution in [-0.4, -0.2) is 33.6 Å². The van der Waals surface area contributed by atoms with Gasteiger partial charge in [0.15, 0.2) is 0 Å². The number of benzene rings is 1. The van der Waals surface area contributed by atoms with E-state index in [4.69, 9.17) is 9.47 Å². The molecule has 0 bridgehead atoms. The van der Waals surface area contributed by atoms with Crippen LogP contribution >= 0.6 is 0 Å². The van der Waals surface area contributed by atoms with Crippen LogP contribution in [0.4, 0.5) is 11.4 Å². The molecule has 0 radical (unpaired) electrons. The van der Waals surface area contributed by atoms with Gasteiger partial charge in [-0.05, 0) is 85.9 Å². The lowest BCUT2D eigenvalue weighted by atomic mass is 9.44. The highest BCUT2D eigenvalue weighted by atomic mass is 16.6. The molecule has 1 saturated heterocycles. The summed E-state index contributed by atoms with van der Waals surface area (Å²) in [5.41, 5.74) is -0.994. The van der Waals surface area contributed by atoms with Gasteiger partial charge in [-0.15, -0.1) is 0 Å². The number of nitro benzene ring substituents is 2. The van der Waals surface area contributed by atoms with E-state index in [0.717, 1.165) is 54.7 Å². The highest BCUT2D eigenvalue weighted by molar-refractivity contribution is 5.91. The number of hydrogen-bond donors (Lipinski definition) is 0. The maximum atomic E-state index is 13.1. The van der Waals surface area contributed by atoms with Crippen LogP contribution in [0.3, 0.4) is 0 Å². The van der Waals surface area contributed by atoms with Crippen LogP contribution in [0.2, 0.25) is 0 Å². The minimum atomic E-state index is -0.754. The van der Waals surface area contributed by atoms with Crippen molar-refractivity contribution in [3.63, 3.8) is 0 Å². The number of carbonyl (C=O) groups is 1. The largest absolute Gasteiger partial charge is 0.459 e. The zero-order valence-electron chi connectivity index (χ0n) is 26.4. The van der Waals surface area contributed by atoms with Gasteiger partial charge < -0.3 is 9.47 Å². The van der Waals surface area contributed by atoms with Gasteiger partial charge in [0, 0.05) is 24.0 Å². The van der Waals surface area contributed by atoms with Crippen LogP contribution in [0.1, 0.15) is 116 Å². The molecule has 1 aromatic rings. The molecule has 1 aliphatic heterocycles. The van der Waals surface area contributed by atoms with E-state index in [1.807, 2.05) is 0 Å². The minimum Gasteiger partial charge on any atom is -0.459 e. The van der Waals surface area contributed by atoms with Gasteiger partial charge in [0.25, 0.3) is 11.4 Å². The lowest BCUT2D eigenvalue weighted by Gasteiger charge is -2.59. The lowest BCUT2D eigenvalue weighted by Crippen LogP contribution is -2.59. The van der Waals surface area contributed by atoms with Crippen molar-refractivity contribution in [2.45, 2.75) is 123 Å². The fourth-order valence-corrected chi connectivity index (χ4v) is 10.9. The number of non-ortho nitro benzene ring substituents is 2. The quantitative estimate of drug-likeness (QED) is 0.121. The molecule has 9 nitrogen and oxygen atoms in total. The third-order valence-corrected chi connectivity index (χ3v) is 13.1. The maximum absolute atomic E-state index is 13.1. The number of esters is 1. The topological polar surface area (TPSA) is 125 Å². The first kappa shape index (κ1) is 30.5. The fourth-order valence-electron chi connectivity index (χ4n) is 10.9. The van der Waals surface area contributed by atoms with E-state index >= 15 is 0 Å². The van der Waals surface area contributed by atoms with Crippen LogP contribution in [0.5, 0.6) is 0 Å². The molecule has 10 atom stereocenters. The first-order chi connectivity index (χ1) is 20.3. The Hall–Kier alpha value is -2.55. The molecule has 236 valence electrons. The van der Waals surface area contributed by atoms with E-state index in [0.29, 0.717) is 30.1 Å². The zero-order valence-corrected chi connectivity index (χ0v) is 26.4. The van der Waals surface area contributed by atoms with Crippen molar-refractivity contribution in [3.05, 3.63) is 44.0 Å². The van der Waals surface area contributed by atoms with Crippen molar-refractivity contribution in [3.8, 4) is 0 Å². The van der Waals surface area contributed by atoms with Gasteiger partial charge in [-0.1, -0.05) is 53.9 Å². The molecule has 0 amide bonds. The number of epoxide rings is 1. The number of carbonyl (C=O) groups excluding carboxylic acids is 1. The van der Waals surface area contributed by atoms with Crippen molar-refractivity contribution < 1.29 is 24.1 Å². The molecule has 4 aliphatic carbocycles. The summed E-state index contributed by atoms with van der Waals surface area (Å²) in [6.07, 6.45) is 12.4. The van der Waals surface area contributed by atoms with Crippen LogP contribution in [0.25, 0.3) is 0 Å². The predicted molar refractivity (Wildman–Crippen MR) is 162 cm³/mol. The molecule has 43 heavy (non-hydrogen) atoms. The number of fused-ring (bicyclic) bond motifs is 4. The van der Waals surface area contributed by atoms with Crippen LogP contribution < -0.4 is 0 Å². The smallest absolute Gasteiger partial charge is 0.338 e. The molecule has 0 aromatic heterocycles. The zero-order chi connectivity index (χ0) is 30.9. The first-order valence-electron chi connectivity index (χ1n) is 16.6. The number of nitro groups is 2. The van der Waals surface area contributed by atoms with Crippen molar-refractivity contribution >= 4 is 17.3 Å². The van der Waals surface area contributed by atoms with Crippen molar-refractivity contribution in [2.24, 2.45) is 46.3 Å². The van der Waals surface area contributed by atoms with Crippen molar-refractivity contribution in [1.29, 1.82) is 0 Å². The molecule has 5 aliphatic rings. The van der Waals surface area contributed by atoms with Gasteiger partial charge in [0.05, 0.1) is 27.6 Å². The molecule has 0 unspecified atom stereocenters. The van der Waals surface area contributed by atoms with E-state index in [1.54, 1.807) is 0 Å². The fraction of sp³-hybridized carbons (Fsp3) is 0.794. The summed E-state index contributed by atoms with van der Waals surface area (Å²) in [6.45, 7) is 12.2. The summed E-state index contributed by atoms with van der Waals surface area (Å²) in [4.78, 5) is 34.3. The summed E-state index contributed by atoms with van der Waals surface area (Å²) in [7, 11) is 0. The molecule has 9 heteroatoms. The summed E-state index contributed by atoms with van der Waals surface area (Å²) >= 11 is 0. The molecule has 1 aromatic carbocycles. The SMILES string of the molecule is CC(C)CCC[C@H](C)[C@@H]1CC[C@@H]2[C@@H]3C[C@@H]4O[C@@]45C[C@H](OC(=O)c4cc([N+](=O)[O-])cc([N+](=O)[O-])c4)CC[C@]5(C)[C@@H]3CC[C@@]21C. The molecular formula is C34H48N2O7. The lowest BCUT2D eigenvalue weighted by molar-refractivity contribution is -0.394. The molecule has 6 rings (SSSR count). The van der Waals surface area contributed by atoms with Crippen molar-refractivity contribution in [2.75, 3.05) is 0 Å². The van der Waals surface area contributed by atoms with E-state index in [2.05, 4.69) is 34.6 Å². The standard InChI is InChI=1S/C34H48N2O7/c1-20(2)7-6-8-21(3)27-9-10-28-26-18-30-34(43-30)19-25(11-14-33(34,5)29(26)12-13-32(27,28)4)42-31(37)22-15-23(35(38)39)17-24(16-22)36(40)41/h15-17,20-21,25-30H,6-14,18-19H2,1-5H3/t21-,25+,26-,27-,28+,29+,30-,32+,33+,34-/m0/s1. The van der Waals surface area contributed by atoms with E-state index in [9.17, 15) is 25.0 Å². The third kappa shape index (κ3) is 4.98. The number of nitrogens with zero attached hydrogens (tertiary/aromatic N) is 2. The van der Waals surface area contributed by atoms with Crippen LogP contribution in [0.15, 0.2) is 18.2 Å².